The Morgan fingerprint density at radius 2 is 2.25 bits per heavy atom. The highest BCUT2D eigenvalue weighted by Crippen LogP contribution is 2.23. The number of aromatic nitrogens is 3. The molecular weight excluding hydrogens is 346 g/mol. The number of amides is 1. The zero-order valence-corrected chi connectivity index (χ0v) is 14.5. The number of halogens is 1. The van der Waals surface area contributed by atoms with Crippen molar-refractivity contribution < 1.29 is 4.79 Å². The Bertz CT molecular complexity index is 798. The summed E-state index contributed by atoms with van der Waals surface area (Å²) in [5.74, 6) is 1.11. The Morgan fingerprint density at radius 3 is 3.04 bits per heavy atom. The summed E-state index contributed by atoms with van der Waals surface area (Å²) in [5, 5.41) is 21.2. The monoisotopic (exact) mass is 361 g/mol. The van der Waals surface area contributed by atoms with Crippen LogP contribution < -0.4 is 5.32 Å². The SMILES string of the molecule is N#Cc1ccc(NC(=O)CSc2nnc3n2CCCCC3)cc1Cl. The minimum Gasteiger partial charge on any atom is -0.325 e. The third kappa shape index (κ3) is 3.89. The highest BCUT2D eigenvalue weighted by Gasteiger charge is 2.16. The Hall–Kier alpha value is -2.04. The normalized spacial score (nSPS) is 13.7. The van der Waals surface area contributed by atoms with Gasteiger partial charge in [-0.3, -0.25) is 4.79 Å². The topological polar surface area (TPSA) is 83.6 Å². The number of nitrogens with zero attached hydrogens (tertiary/aromatic N) is 4. The average Bonchev–Trinajstić information content (AvgIpc) is 2.80. The van der Waals surface area contributed by atoms with Gasteiger partial charge < -0.3 is 9.88 Å². The number of anilines is 1. The van der Waals surface area contributed by atoms with Crippen molar-refractivity contribution in [2.75, 3.05) is 11.1 Å². The number of carbonyl (C=O) groups excluding carboxylic acids is 1. The summed E-state index contributed by atoms with van der Waals surface area (Å²) in [6, 6.07) is 6.81. The molecule has 1 aromatic carbocycles. The first-order valence-electron chi connectivity index (χ1n) is 7.72. The molecule has 1 N–H and O–H groups in total. The smallest absolute Gasteiger partial charge is 0.234 e. The van der Waals surface area contributed by atoms with Crippen LogP contribution in [0.15, 0.2) is 23.4 Å². The molecule has 1 aliphatic heterocycles. The molecule has 3 rings (SSSR count). The number of fused-ring (bicyclic) bond motifs is 1. The first-order valence-corrected chi connectivity index (χ1v) is 9.08. The molecule has 0 saturated heterocycles. The van der Waals surface area contributed by atoms with Gasteiger partial charge >= 0.3 is 0 Å². The van der Waals surface area contributed by atoms with E-state index in [1.807, 2.05) is 6.07 Å². The summed E-state index contributed by atoms with van der Waals surface area (Å²) in [6.45, 7) is 0.914. The number of thioether (sulfide) groups is 1. The van der Waals surface area contributed by atoms with E-state index in [-0.39, 0.29) is 11.7 Å². The van der Waals surface area contributed by atoms with E-state index in [0.717, 1.165) is 36.8 Å². The number of carbonyl (C=O) groups is 1. The van der Waals surface area contributed by atoms with Crippen molar-refractivity contribution in [3.05, 3.63) is 34.6 Å². The van der Waals surface area contributed by atoms with Crippen LogP contribution in [-0.2, 0) is 17.8 Å². The van der Waals surface area contributed by atoms with Crippen LogP contribution >= 0.6 is 23.4 Å². The minimum atomic E-state index is -0.147. The second-order valence-corrected chi connectivity index (χ2v) is 6.85. The van der Waals surface area contributed by atoms with Crippen molar-refractivity contribution in [3.63, 3.8) is 0 Å². The molecule has 8 heteroatoms. The van der Waals surface area contributed by atoms with Crippen LogP contribution in [-0.4, -0.2) is 26.4 Å². The fourth-order valence-corrected chi connectivity index (χ4v) is 3.58. The van der Waals surface area contributed by atoms with E-state index in [9.17, 15) is 4.79 Å². The summed E-state index contributed by atoms with van der Waals surface area (Å²) in [6.07, 6.45) is 4.41. The van der Waals surface area contributed by atoms with Crippen LogP contribution in [0.1, 0.15) is 30.7 Å². The molecule has 0 atom stereocenters. The molecule has 0 unspecified atom stereocenters. The third-order valence-corrected chi connectivity index (χ3v) is 5.06. The summed E-state index contributed by atoms with van der Waals surface area (Å²) in [4.78, 5) is 12.1. The molecule has 2 aromatic rings. The van der Waals surface area contributed by atoms with Gasteiger partial charge in [0.15, 0.2) is 5.16 Å². The van der Waals surface area contributed by atoms with E-state index in [1.165, 1.54) is 18.2 Å². The largest absolute Gasteiger partial charge is 0.325 e. The van der Waals surface area contributed by atoms with Crippen LogP contribution in [0.5, 0.6) is 0 Å². The Labute approximate surface area is 149 Å². The van der Waals surface area contributed by atoms with Crippen LogP contribution in [0.2, 0.25) is 5.02 Å². The molecule has 0 fully saturated rings. The number of hydrogen-bond donors (Lipinski definition) is 1. The van der Waals surface area contributed by atoms with Crippen molar-refractivity contribution in [1.82, 2.24) is 14.8 Å². The summed E-state index contributed by atoms with van der Waals surface area (Å²) >= 11 is 7.35. The molecule has 24 heavy (non-hydrogen) atoms. The number of benzene rings is 1. The zero-order valence-electron chi connectivity index (χ0n) is 13.0. The third-order valence-electron chi connectivity index (χ3n) is 3.78. The van der Waals surface area contributed by atoms with E-state index in [4.69, 9.17) is 16.9 Å². The standard InChI is InChI=1S/C16H16ClN5OS/c17-13-8-12(6-5-11(13)9-18)19-15(23)10-24-16-21-20-14-4-2-1-3-7-22(14)16/h5-6,8H,1-4,7,10H2,(H,19,23). The Balaban J connectivity index is 1.59. The van der Waals surface area contributed by atoms with Crippen molar-refractivity contribution in [3.8, 4) is 6.07 Å². The van der Waals surface area contributed by atoms with E-state index in [1.54, 1.807) is 18.2 Å². The number of hydrogen-bond acceptors (Lipinski definition) is 5. The van der Waals surface area contributed by atoms with E-state index >= 15 is 0 Å². The van der Waals surface area contributed by atoms with Gasteiger partial charge in [-0.2, -0.15) is 5.26 Å². The molecule has 6 nitrogen and oxygen atoms in total. The van der Waals surface area contributed by atoms with Crippen LogP contribution in [0.4, 0.5) is 5.69 Å². The molecular formula is C16H16ClN5OS. The van der Waals surface area contributed by atoms with Gasteiger partial charge in [0.25, 0.3) is 0 Å². The van der Waals surface area contributed by atoms with Crippen molar-refractivity contribution in [2.24, 2.45) is 0 Å². The van der Waals surface area contributed by atoms with E-state index in [0.29, 0.717) is 16.3 Å². The Kier molecular flexibility index (Phi) is 5.38. The van der Waals surface area contributed by atoms with Crippen LogP contribution in [0.3, 0.4) is 0 Å². The number of nitrogens with one attached hydrogen (secondary N) is 1. The highest BCUT2D eigenvalue weighted by atomic mass is 35.5. The zero-order chi connectivity index (χ0) is 16.9. The lowest BCUT2D eigenvalue weighted by molar-refractivity contribution is -0.113. The fraction of sp³-hybridized carbons (Fsp3) is 0.375. The van der Waals surface area contributed by atoms with Gasteiger partial charge in [-0.25, -0.2) is 0 Å². The molecule has 1 aliphatic rings. The van der Waals surface area contributed by atoms with Gasteiger partial charge in [0.05, 0.1) is 16.3 Å². The maximum atomic E-state index is 12.1. The minimum absolute atomic E-state index is 0.147. The Morgan fingerprint density at radius 1 is 1.38 bits per heavy atom. The quantitative estimate of drug-likeness (QED) is 0.845. The van der Waals surface area contributed by atoms with Crippen LogP contribution in [0.25, 0.3) is 0 Å². The predicted octanol–water partition coefficient (Wildman–Crippen LogP) is 3.26. The number of nitriles is 1. The molecule has 0 saturated carbocycles. The van der Waals surface area contributed by atoms with Gasteiger partial charge in [0.2, 0.25) is 5.91 Å². The second kappa shape index (κ2) is 7.69. The van der Waals surface area contributed by atoms with Crippen molar-refractivity contribution >= 4 is 35.0 Å². The molecule has 0 aliphatic carbocycles. The van der Waals surface area contributed by atoms with Crippen LogP contribution in [0, 0.1) is 11.3 Å². The first kappa shape index (κ1) is 16.8. The average molecular weight is 362 g/mol. The fourth-order valence-electron chi connectivity index (χ4n) is 2.58. The molecule has 0 radical (unpaired) electrons. The summed E-state index contributed by atoms with van der Waals surface area (Å²) in [7, 11) is 0. The number of rotatable bonds is 4. The second-order valence-electron chi connectivity index (χ2n) is 5.50. The molecule has 1 aromatic heterocycles. The first-order chi connectivity index (χ1) is 11.7. The molecule has 0 bridgehead atoms. The van der Waals surface area contributed by atoms with E-state index in [2.05, 4.69) is 20.1 Å². The molecule has 1 amide bonds. The van der Waals surface area contributed by atoms with Crippen molar-refractivity contribution in [2.45, 2.75) is 37.4 Å². The summed E-state index contributed by atoms with van der Waals surface area (Å²) < 4.78 is 2.11. The predicted molar refractivity (Wildman–Crippen MR) is 93.1 cm³/mol. The lowest BCUT2D eigenvalue weighted by atomic mass is 10.2. The lowest BCUT2D eigenvalue weighted by Crippen LogP contribution is -2.14. The molecule has 0 spiro atoms. The van der Waals surface area contributed by atoms with Crippen molar-refractivity contribution in [1.29, 1.82) is 5.26 Å². The maximum Gasteiger partial charge on any atom is 0.234 e. The highest BCUT2D eigenvalue weighted by molar-refractivity contribution is 7.99. The summed E-state index contributed by atoms with van der Waals surface area (Å²) in [5.41, 5.74) is 0.958. The van der Waals surface area contributed by atoms with E-state index < -0.39 is 0 Å². The van der Waals surface area contributed by atoms with Gasteiger partial charge in [-0.1, -0.05) is 29.8 Å². The van der Waals surface area contributed by atoms with Gasteiger partial charge in [0.1, 0.15) is 11.9 Å². The molecule has 2 heterocycles. The maximum absolute atomic E-state index is 12.1. The van der Waals surface area contributed by atoms with Gasteiger partial charge in [-0.15, -0.1) is 10.2 Å². The molecule has 124 valence electrons. The number of aryl methyl sites for hydroxylation is 1. The van der Waals surface area contributed by atoms with Gasteiger partial charge in [0, 0.05) is 18.7 Å². The van der Waals surface area contributed by atoms with Gasteiger partial charge in [-0.05, 0) is 31.0 Å². The lowest BCUT2D eigenvalue weighted by Gasteiger charge is -2.07.